The molecule has 0 unspecified atom stereocenters. The zero-order valence-electron chi connectivity index (χ0n) is 10.4. The van der Waals surface area contributed by atoms with E-state index in [0.717, 1.165) is 30.6 Å². The highest BCUT2D eigenvalue weighted by Crippen LogP contribution is 2.18. The van der Waals surface area contributed by atoms with Crippen LogP contribution in [0, 0.1) is 5.92 Å². The molecule has 0 spiro atoms. The predicted octanol–water partition coefficient (Wildman–Crippen LogP) is 2.02. The molecule has 1 aromatic rings. The summed E-state index contributed by atoms with van der Waals surface area (Å²) in [7, 11) is 0. The fourth-order valence-electron chi connectivity index (χ4n) is 2.34. The summed E-state index contributed by atoms with van der Waals surface area (Å²) >= 11 is 0. The van der Waals surface area contributed by atoms with Crippen LogP contribution in [0.2, 0.25) is 0 Å². The number of carbonyl (C=O) groups is 1. The summed E-state index contributed by atoms with van der Waals surface area (Å²) in [5.41, 5.74) is 7.38. The largest absolute Gasteiger partial charge is 0.338 e. The molecule has 1 aromatic carbocycles. The molecule has 1 saturated heterocycles. The van der Waals surface area contributed by atoms with Crippen molar-refractivity contribution in [3.05, 3.63) is 35.4 Å². The fourth-order valence-corrected chi connectivity index (χ4v) is 2.34. The van der Waals surface area contributed by atoms with Gasteiger partial charge in [-0.15, -0.1) is 0 Å². The van der Waals surface area contributed by atoms with Gasteiger partial charge in [0.05, 0.1) is 0 Å². The molecule has 1 atom stereocenters. The highest BCUT2D eigenvalue weighted by atomic mass is 16.2. The lowest BCUT2D eigenvalue weighted by molar-refractivity contribution is 0.0683. The molecule has 1 heterocycles. The van der Waals surface area contributed by atoms with E-state index in [-0.39, 0.29) is 5.91 Å². The quantitative estimate of drug-likeness (QED) is 0.848. The Hall–Kier alpha value is -1.35. The maximum absolute atomic E-state index is 12.2. The molecule has 1 aliphatic rings. The van der Waals surface area contributed by atoms with Crippen LogP contribution in [0.1, 0.15) is 35.7 Å². The second-order valence-corrected chi connectivity index (χ2v) is 4.90. The molecule has 0 aliphatic carbocycles. The van der Waals surface area contributed by atoms with Gasteiger partial charge in [0.2, 0.25) is 0 Å². The molecule has 0 bridgehead atoms. The lowest BCUT2D eigenvalue weighted by Crippen LogP contribution is -2.39. The number of hydrogen-bond donors (Lipinski definition) is 1. The smallest absolute Gasteiger partial charge is 0.253 e. The number of nitrogens with zero attached hydrogens (tertiary/aromatic N) is 1. The Labute approximate surface area is 103 Å². The maximum atomic E-state index is 12.2. The Bertz CT molecular complexity index is 386. The standard InChI is InChI=1S/C14H20N2O/c1-11-3-2-8-16(10-11)14(17)13-6-4-12(9-15)5-7-13/h4-7,11H,2-3,8-10,15H2,1H3/t11-/m0/s1. The Morgan fingerprint density at radius 1 is 1.41 bits per heavy atom. The highest BCUT2D eigenvalue weighted by molar-refractivity contribution is 5.94. The minimum Gasteiger partial charge on any atom is -0.338 e. The van der Waals surface area contributed by atoms with Gasteiger partial charge < -0.3 is 10.6 Å². The zero-order valence-corrected chi connectivity index (χ0v) is 10.4. The van der Waals surface area contributed by atoms with E-state index in [1.54, 1.807) is 0 Å². The SMILES string of the molecule is C[C@H]1CCCN(C(=O)c2ccc(CN)cc2)C1. The van der Waals surface area contributed by atoms with Gasteiger partial charge in [0.15, 0.2) is 0 Å². The van der Waals surface area contributed by atoms with Gasteiger partial charge in [-0.25, -0.2) is 0 Å². The second kappa shape index (κ2) is 5.32. The Balaban J connectivity index is 2.07. The number of hydrogen-bond acceptors (Lipinski definition) is 2. The van der Waals surface area contributed by atoms with Gasteiger partial charge in [-0.2, -0.15) is 0 Å². The van der Waals surface area contributed by atoms with Crippen molar-refractivity contribution in [3.8, 4) is 0 Å². The number of likely N-dealkylation sites (tertiary alicyclic amines) is 1. The predicted molar refractivity (Wildman–Crippen MR) is 68.6 cm³/mol. The average molecular weight is 232 g/mol. The number of carbonyl (C=O) groups excluding carboxylic acids is 1. The summed E-state index contributed by atoms with van der Waals surface area (Å²) in [6.07, 6.45) is 2.35. The van der Waals surface area contributed by atoms with Crippen LogP contribution in [-0.2, 0) is 6.54 Å². The molecular weight excluding hydrogens is 212 g/mol. The van der Waals surface area contributed by atoms with Gasteiger partial charge in [0.25, 0.3) is 5.91 Å². The Morgan fingerprint density at radius 3 is 2.71 bits per heavy atom. The minimum atomic E-state index is 0.153. The van der Waals surface area contributed by atoms with Crippen LogP contribution in [0.3, 0.4) is 0 Å². The maximum Gasteiger partial charge on any atom is 0.253 e. The molecule has 0 aromatic heterocycles. The molecule has 2 N–H and O–H groups in total. The topological polar surface area (TPSA) is 46.3 Å². The van der Waals surface area contributed by atoms with E-state index in [4.69, 9.17) is 5.73 Å². The normalized spacial score (nSPS) is 20.4. The molecule has 3 heteroatoms. The molecule has 0 radical (unpaired) electrons. The summed E-state index contributed by atoms with van der Waals surface area (Å²) in [4.78, 5) is 14.2. The van der Waals surface area contributed by atoms with Crippen LogP contribution >= 0.6 is 0 Å². The van der Waals surface area contributed by atoms with E-state index in [1.807, 2.05) is 29.2 Å². The van der Waals surface area contributed by atoms with Crippen LogP contribution in [0.15, 0.2) is 24.3 Å². The molecule has 92 valence electrons. The molecule has 17 heavy (non-hydrogen) atoms. The van der Waals surface area contributed by atoms with Gasteiger partial charge in [0.1, 0.15) is 0 Å². The summed E-state index contributed by atoms with van der Waals surface area (Å²) in [6, 6.07) is 7.62. The monoisotopic (exact) mass is 232 g/mol. The van der Waals surface area contributed by atoms with Gasteiger partial charge in [-0.1, -0.05) is 19.1 Å². The van der Waals surface area contributed by atoms with Crippen molar-refractivity contribution in [1.29, 1.82) is 0 Å². The second-order valence-electron chi connectivity index (χ2n) is 4.90. The van der Waals surface area contributed by atoms with Crippen molar-refractivity contribution in [2.75, 3.05) is 13.1 Å². The molecule has 1 aliphatic heterocycles. The third kappa shape index (κ3) is 2.86. The third-order valence-corrected chi connectivity index (χ3v) is 3.38. The van der Waals surface area contributed by atoms with Gasteiger partial charge in [0, 0.05) is 25.2 Å². The van der Waals surface area contributed by atoms with E-state index in [0.29, 0.717) is 12.5 Å². The minimum absolute atomic E-state index is 0.153. The number of benzene rings is 1. The number of amides is 1. The van der Waals surface area contributed by atoms with E-state index in [1.165, 1.54) is 6.42 Å². The van der Waals surface area contributed by atoms with Crippen LogP contribution in [0.25, 0.3) is 0 Å². The van der Waals surface area contributed by atoms with E-state index in [9.17, 15) is 4.79 Å². The highest BCUT2D eigenvalue weighted by Gasteiger charge is 2.21. The van der Waals surface area contributed by atoms with Crippen molar-refractivity contribution < 1.29 is 4.79 Å². The first kappa shape index (κ1) is 12.1. The first-order chi connectivity index (χ1) is 8.20. The molecule has 3 nitrogen and oxygen atoms in total. The number of piperidine rings is 1. The average Bonchev–Trinajstić information content (AvgIpc) is 2.38. The Kier molecular flexibility index (Phi) is 3.79. The van der Waals surface area contributed by atoms with Gasteiger partial charge in [-0.05, 0) is 36.5 Å². The van der Waals surface area contributed by atoms with Crippen LogP contribution in [0.4, 0.5) is 0 Å². The summed E-state index contributed by atoms with van der Waals surface area (Å²) < 4.78 is 0. The zero-order chi connectivity index (χ0) is 12.3. The summed E-state index contributed by atoms with van der Waals surface area (Å²) in [6.45, 7) is 4.51. The van der Waals surface area contributed by atoms with Crippen molar-refractivity contribution >= 4 is 5.91 Å². The first-order valence-electron chi connectivity index (χ1n) is 6.29. The van der Waals surface area contributed by atoms with E-state index < -0.39 is 0 Å². The van der Waals surface area contributed by atoms with Gasteiger partial charge in [-0.3, -0.25) is 4.79 Å². The number of rotatable bonds is 2. The van der Waals surface area contributed by atoms with Crippen molar-refractivity contribution in [1.82, 2.24) is 4.90 Å². The first-order valence-corrected chi connectivity index (χ1v) is 6.29. The van der Waals surface area contributed by atoms with Crippen LogP contribution in [-0.4, -0.2) is 23.9 Å². The molecule has 1 amide bonds. The Morgan fingerprint density at radius 2 is 2.12 bits per heavy atom. The fraction of sp³-hybridized carbons (Fsp3) is 0.500. The third-order valence-electron chi connectivity index (χ3n) is 3.38. The molecule has 0 saturated carbocycles. The van der Waals surface area contributed by atoms with Crippen molar-refractivity contribution in [3.63, 3.8) is 0 Å². The number of nitrogens with two attached hydrogens (primary N) is 1. The van der Waals surface area contributed by atoms with Crippen molar-refractivity contribution in [2.24, 2.45) is 11.7 Å². The van der Waals surface area contributed by atoms with Crippen LogP contribution < -0.4 is 5.73 Å². The van der Waals surface area contributed by atoms with Gasteiger partial charge >= 0.3 is 0 Å². The lowest BCUT2D eigenvalue weighted by Gasteiger charge is -2.31. The lowest BCUT2D eigenvalue weighted by atomic mass is 9.99. The van der Waals surface area contributed by atoms with E-state index >= 15 is 0 Å². The van der Waals surface area contributed by atoms with Crippen molar-refractivity contribution in [2.45, 2.75) is 26.3 Å². The molecule has 2 rings (SSSR count). The summed E-state index contributed by atoms with van der Waals surface area (Å²) in [5, 5.41) is 0. The summed E-state index contributed by atoms with van der Waals surface area (Å²) in [5.74, 6) is 0.774. The van der Waals surface area contributed by atoms with Crippen LogP contribution in [0.5, 0.6) is 0 Å². The molecular formula is C14H20N2O. The molecule has 1 fully saturated rings. The van der Waals surface area contributed by atoms with E-state index in [2.05, 4.69) is 6.92 Å².